The quantitative estimate of drug-likeness (QED) is 0.693. The molecule has 0 aliphatic carbocycles. The number of benzene rings is 2. The second kappa shape index (κ2) is 7.38. The summed E-state index contributed by atoms with van der Waals surface area (Å²) in [5.74, 6) is 0.127. The lowest BCUT2D eigenvalue weighted by molar-refractivity contribution is -0.123. The monoisotopic (exact) mass is 394 g/mol. The van der Waals surface area contributed by atoms with Gasteiger partial charge in [-0.3, -0.25) is 9.59 Å². The fourth-order valence-corrected chi connectivity index (χ4v) is 3.44. The zero-order valence-corrected chi connectivity index (χ0v) is 15.9. The molecular formula is C21H19FN4O3. The molecule has 0 saturated carbocycles. The molecule has 2 N–H and O–H groups in total. The van der Waals surface area contributed by atoms with E-state index >= 15 is 0 Å². The van der Waals surface area contributed by atoms with Crippen LogP contribution in [0.1, 0.15) is 18.2 Å². The summed E-state index contributed by atoms with van der Waals surface area (Å²) in [4.78, 5) is 24.9. The Morgan fingerprint density at radius 2 is 2.03 bits per heavy atom. The number of halogens is 1. The van der Waals surface area contributed by atoms with Crippen molar-refractivity contribution in [2.45, 2.75) is 19.4 Å². The van der Waals surface area contributed by atoms with Crippen molar-refractivity contribution in [1.29, 1.82) is 0 Å². The van der Waals surface area contributed by atoms with Gasteiger partial charge in [-0.2, -0.15) is 5.10 Å². The number of aryl methyl sites for hydroxylation is 1. The summed E-state index contributed by atoms with van der Waals surface area (Å²) in [6.45, 7) is 1.85. The summed E-state index contributed by atoms with van der Waals surface area (Å²) in [5.41, 5.74) is 2.76. The second-order valence-electron chi connectivity index (χ2n) is 6.75. The Balaban J connectivity index is 1.57. The van der Waals surface area contributed by atoms with Crippen LogP contribution in [0.25, 0.3) is 11.1 Å². The van der Waals surface area contributed by atoms with Crippen LogP contribution < -0.4 is 15.4 Å². The Labute approximate surface area is 166 Å². The van der Waals surface area contributed by atoms with Crippen molar-refractivity contribution in [2.24, 2.45) is 0 Å². The van der Waals surface area contributed by atoms with Crippen molar-refractivity contribution in [3.8, 4) is 16.9 Å². The van der Waals surface area contributed by atoms with E-state index in [1.807, 2.05) is 31.2 Å². The number of aromatic nitrogens is 2. The van der Waals surface area contributed by atoms with E-state index in [9.17, 15) is 14.0 Å². The molecule has 0 bridgehead atoms. The molecule has 1 aliphatic heterocycles. The van der Waals surface area contributed by atoms with Gasteiger partial charge in [0, 0.05) is 11.3 Å². The molecule has 148 valence electrons. The highest BCUT2D eigenvalue weighted by molar-refractivity contribution is 6.04. The lowest BCUT2D eigenvalue weighted by Gasteiger charge is -2.10. The average Bonchev–Trinajstić information content (AvgIpc) is 3.16. The molecule has 0 saturated heterocycles. The van der Waals surface area contributed by atoms with Gasteiger partial charge in [0.25, 0.3) is 5.91 Å². The number of amides is 2. The lowest BCUT2D eigenvalue weighted by Crippen LogP contribution is -2.23. The molecule has 0 spiro atoms. The van der Waals surface area contributed by atoms with E-state index in [2.05, 4.69) is 15.7 Å². The molecule has 1 unspecified atom stereocenters. The van der Waals surface area contributed by atoms with Gasteiger partial charge in [-0.25, -0.2) is 9.07 Å². The minimum Gasteiger partial charge on any atom is -0.497 e. The SMILES string of the molecule is COc1ccc(-c2c(C)nn3c2NC(=O)C3CC(=O)Nc2cccc(F)c2)cc1. The number of ether oxygens (including phenoxy) is 1. The number of nitrogens with zero attached hydrogens (tertiary/aromatic N) is 2. The third kappa shape index (κ3) is 3.56. The third-order valence-corrected chi connectivity index (χ3v) is 4.79. The summed E-state index contributed by atoms with van der Waals surface area (Å²) in [7, 11) is 1.59. The number of rotatable bonds is 5. The highest BCUT2D eigenvalue weighted by atomic mass is 19.1. The molecule has 1 atom stereocenters. The van der Waals surface area contributed by atoms with Crippen LogP contribution in [0.4, 0.5) is 15.9 Å². The van der Waals surface area contributed by atoms with Gasteiger partial charge in [0.1, 0.15) is 23.4 Å². The second-order valence-corrected chi connectivity index (χ2v) is 6.75. The predicted molar refractivity (Wildman–Crippen MR) is 106 cm³/mol. The first-order valence-electron chi connectivity index (χ1n) is 9.06. The minimum atomic E-state index is -0.774. The number of methoxy groups -OCH3 is 1. The van der Waals surface area contributed by atoms with Crippen molar-refractivity contribution in [3.05, 3.63) is 60.0 Å². The summed E-state index contributed by atoms with van der Waals surface area (Å²) in [6.07, 6.45) is -0.113. The molecule has 4 rings (SSSR count). The first kappa shape index (κ1) is 18.7. The molecule has 1 aromatic heterocycles. The number of hydrogen-bond acceptors (Lipinski definition) is 4. The van der Waals surface area contributed by atoms with Gasteiger partial charge >= 0.3 is 0 Å². The highest BCUT2D eigenvalue weighted by Gasteiger charge is 2.36. The number of nitrogens with one attached hydrogen (secondary N) is 2. The van der Waals surface area contributed by atoms with Gasteiger partial charge in [0.2, 0.25) is 5.91 Å². The molecule has 3 aromatic rings. The van der Waals surface area contributed by atoms with E-state index in [0.29, 0.717) is 11.5 Å². The fourth-order valence-electron chi connectivity index (χ4n) is 3.44. The number of carbonyl (C=O) groups excluding carboxylic acids is 2. The number of hydrogen-bond donors (Lipinski definition) is 2. The maximum atomic E-state index is 13.3. The lowest BCUT2D eigenvalue weighted by atomic mass is 10.1. The third-order valence-electron chi connectivity index (χ3n) is 4.79. The fraction of sp³-hybridized carbons (Fsp3) is 0.190. The molecule has 2 heterocycles. The first-order chi connectivity index (χ1) is 14.0. The molecule has 8 heteroatoms. The number of anilines is 2. The maximum Gasteiger partial charge on any atom is 0.251 e. The van der Waals surface area contributed by atoms with Crippen molar-refractivity contribution in [1.82, 2.24) is 9.78 Å². The Bertz CT molecular complexity index is 1090. The van der Waals surface area contributed by atoms with Gasteiger partial charge in [-0.15, -0.1) is 0 Å². The molecule has 0 fully saturated rings. The molecular weight excluding hydrogens is 375 g/mol. The number of fused-ring (bicyclic) bond motifs is 1. The van der Waals surface area contributed by atoms with Crippen LogP contribution in [0.2, 0.25) is 0 Å². The van der Waals surface area contributed by atoms with Crippen molar-refractivity contribution in [2.75, 3.05) is 17.7 Å². The predicted octanol–water partition coefficient (Wildman–Crippen LogP) is 3.53. The van der Waals surface area contributed by atoms with E-state index in [-0.39, 0.29) is 12.3 Å². The Morgan fingerprint density at radius 3 is 2.72 bits per heavy atom. The summed E-state index contributed by atoms with van der Waals surface area (Å²) in [5, 5.41) is 9.92. The van der Waals surface area contributed by atoms with E-state index in [1.165, 1.54) is 18.2 Å². The van der Waals surface area contributed by atoms with E-state index < -0.39 is 17.8 Å². The number of carbonyl (C=O) groups is 2. The largest absolute Gasteiger partial charge is 0.497 e. The van der Waals surface area contributed by atoms with Gasteiger partial charge in [-0.1, -0.05) is 18.2 Å². The molecule has 29 heavy (non-hydrogen) atoms. The van der Waals surface area contributed by atoms with Crippen LogP contribution >= 0.6 is 0 Å². The van der Waals surface area contributed by atoms with Gasteiger partial charge < -0.3 is 15.4 Å². The van der Waals surface area contributed by atoms with Crippen LogP contribution in [-0.4, -0.2) is 28.7 Å². The molecule has 0 radical (unpaired) electrons. The summed E-state index contributed by atoms with van der Waals surface area (Å²) < 4.78 is 20.0. The highest BCUT2D eigenvalue weighted by Crippen LogP contribution is 2.38. The Kier molecular flexibility index (Phi) is 4.75. The van der Waals surface area contributed by atoms with Crippen molar-refractivity contribution in [3.63, 3.8) is 0 Å². The van der Waals surface area contributed by atoms with Crippen molar-refractivity contribution >= 4 is 23.3 Å². The standard InChI is InChI=1S/C21H19FN4O3/c1-12-19(13-6-8-16(29-2)9-7-13)20-24-21(28)17(26(20)25-12)11-18(27)23-15-5-3-4-14(22)10-15/h3-10,17H,11H2,1-2H3,(H,23,27)(H,24,28). The zero-order chi connectivity index (χ0) is 20.5. The molecule has 2 amide bonds. The zero-order valence-electron chi connectivity index (χ0n) is 15.9. The molecule has 1 aliphatic rings. The maximum absolute atomic E-state index is 13.3. The minimum absolute atomic E-state index is 0.113. The van der Waals surface area contributed by atoms with Crippen LogP contribution in [0.5, 0.6) is 5.75 Å². The Morgan fingerprint density at radius 1 is 1.28 bits per heavy atom. The van der Waals surface area contributed by atoms with E-state index in [4.69, 9.17) is 4.74 Å². The molecule has 2 aromatic carbocycles. The average molecular weight is 394 g/mol. The van der Waals surface area contributed by atoms with Gasteiger partial charge in [0.15, 0.2) is 0 Å². The topological polar surface area (TPSA) is 85.2 Å². The summed E-state index contributed by atoms with van der Waals surface area (Å²) >= 11 is 0. The smallest absolute Gasteiger partial charge is 0.251 e. The molecule has 7 nitrogen and oxygen atoms in total. The van der Waals surface area contributed by atoms with Crippen LogP contribution in [0.3, 0.4) is 0 Å². The van der Waals surface area contributed by atoms with Crippen molar-refractivity contribution < 1.29 is 18.7 Å². The summed E-state index contributed by atoms with van der Waals surface area (Å²) in [6, 6.07) is 12.3. The van der Waals surface area contributed by atoms with E-state index in [0.717, 1.165) is 22.6 Å². The first-order valence-corrected chi connectivity index (χ1v) is 9.06. The van der Waals surface area contributed by atoms with Crippen LogP contribution in [0.15, 0.2) is 48.5 Å². The van der Waals surface area contributed by atoms with Gasteiger partial charge in [0.05, 0.1) is 19.2 Å². The Hall–Kier alpha value is -3.68. The van der Waals surface area contributed by atoms with Crippen LogP contribution in [0, 0.1) is 12.7 Å². The van der Waals surface area contributed by atoms with Gasteiger partial charge in [-0.05, 0) is 42.8 Å². The normalized spacial score (nSPS) is 15.0. The van der Waals surface area contributed by atoms with Crippen LogP contribution in [-0.2, 0) is 9.59 Å². The van der Waals surface area contributed by atoms with E-state index in [1.54, 1.807) is 17.9 Å².